The van der Waals surface area contributed by atoms with Gasteiger partial charge in [0.2, 0.25) is 11.8 Å². The van der Waals surface area contributed by atoms with Gasteiger partial charge in [-0.05, 0) is 44.7 Å². The number of likely N-dealkylation sites (tertiary alicyclic amines) is 1. The number of nitrogens with zero attached hydrogens (tertiary/aromatic N) is 2. The van der Waals surface area contributed by atoms with Gasteiger partial charge in [0.05, 0.1) is 12.1 Å². The van der Waals surface area contributed by atoms with Gasteiger partial charge >= 0.3 is 5.97 Å². The molecule has 1 rings (SSSR count). The lowest BCUT2D eigenvalue weighted by molar-refractivity contribution is -0.141. The first-order valence-corrected chi connectivity index (χ1v) is 10.5. The summed E-state index contributed by atoms with van der Waals surface area (Å²) in [6.45, 7) is 12.1. The van der Waals surface area contributed by atoms with Gasteiger partial charge in [-0.15, -0.1) is 0 Å². The highest BCUT2D eigenvalue weighted by atomic mass is 16.4. The van der Waals surface area contributed by atoms with Crippen LogP contribution in [-0.4, -0.2) is 71.5 Å². The predicted molar refractivity (Wildman–Crippen MR) is 114 cm³/mol. The van der Waals surface area contributed by atoms with Crippen LogP contribution in [0, 0.1) is 11.3 Å². The SMILES string of the molecule is CC(=C[C@H](C(C)C)N(C)C(=O)[C@H](NC(=O)C1CCCCN1C)C(C)(C)C)C(=O)O. The largest absolute Gasteiger partial charge is 0.478 e. The number of aliphatic carboxylic acids is 1. The number of carbonyl (C=O) groups is 3. The van der Waals surface area contributed by atoms with E-state index in [4.69, 9.17) is 0 Å². The molecule has 166 valence electrons. The summed E-state index contributed by atoms with van der Waals surface area (Å²) in [5.41, 5.74) is -0.287. The molecule has 0 aromatic heterocycles. The fraction of sp³-hybridized carbons (Fsp3) is 0.773. The zero-order valence-corrected chi connectivity index (χ0v) is 19.3. The Hall–Kier alpha value is -1.89. The second-order valence-corrected chi connectivity index (χ2v) is 9.64. The standard InChI is InChI=1S/C22H39N3O4/c1-14(2)17(13-15(3)21(28)29)25(8)20(27)18(22(4,5)6)23-19(26)16-11-9-10-12-24(16)7/h13-14,16-18H,9-12H2,1-8H3,(H,23,26)(H,28,29)/t16?,17-,18+/m1/s1. The van der Waals surface area contributed by atoms with E-state index in [1.807, 2.05) is 46.6 Å². The summed E-state index contributed by atoms with van der Waals surface area (Å²) in [6.07, 6.45) is 4.49. The number of carbonyl (C=O) groups excluding carboxylic acids is 2. The van der Waals surface area contributed by atoms with Crippen molar-refractivity contribution in [1.29, 1.82) is 0 Å². The van der Waals surface area contributed by atoms with Crippen LogP contribution in [0.5, 0.6) is 0 Å². The molecule has 1 aliphatic heterocycles. The molecule has 2 amide bonds. The van der Waals surface area contributed by atoms with Crippen molar-refractivity contribution < 1.29 is 19.5 Å². The number of rotatable bonds is 7. The molecule has 0 radical (unpaired) electrons. The van der Waals surface area contributed by atoms with Crippen molar-refractivity contribution in [2.24, 2.45) is 11.3 Å². The molecule has 1 saturated heterocycles. The Morgan fingerprint density at radius 3 is 2.24 bits per heavy atom. The average molecular weight is 410 g/mol. The molecular weight excluding hydrogens is 370 g/mol. The van der Waals surface area contributed by atoms with E-state index >= 15 is 0 Å². The smallest absolute Gasteiger partial charge is 0.331 e. The van der Waals surface area contributed by atoms with E-state index in [0.717, 1.165) is 25.8 Å². The molecule has 0 saturated carbocycles. The predicted octanol–water partition coefficient (Wildman–Crippen LogP) is 2.52. The monoisotopic (exact) mass is 409 g/mol. The lowest BCUT2D eigenvalue weighted by Gasteiger charge is -2.39. The Morgan fingerprint density at radius 2 is 1.79 bits per heavy atom. The van der Waals surface area contributed by atoms with Crippen LogP contribution in [0.15, 0.2) is 11.6 Å². The highest BCUT2D eigenvalue weighted by molar-refractivity contribution is 5.91. The van der Waals surface area contributed by atoms with E-state index in [1.54, 1.807) is 18.0 Å². The molecule has 0 spiro atoms. The molecule has 1 aliphatic rings. The number of amides is 2. The van der Waals surface area contributed by atoms with E-state index in [2.05, 4.69) is 5.32 Å². The van der Waals surface area contributed by atoms with Crippen LogP contribution in [0.2, 0.25) is 0 Å². The van der Waals surface area contributed by atoms with Gasteiger partial charge in [0, 0.05) is 12.6 Å². The lowest BCUT2D eigenvalue weighted by atomic mass is 9.84. The summed E-state index contributed by atoms with van der Waals surface area (Å²) in [4.78, 5) is 41.2. The number of nitrogens with one attached hydrogen (secondary N) is 1. The summed E-state index contributed by atoms with van der Waals surface area (Å²) in [6, 6.07) is -1.30. The Morgan fingerprint density at radius 1 is 1.21 bits per heavy atom. The van der Waals surface area contributed by atoms with E-state index < -0.39 is 17.4 Å². The third-order valence-electron chi connectivity index (χ3n) is 5.71. The summed E-state index contributed by atoms with van der Waals surface area (Å²) >= 11 is 0. The van der Waals surface area contributed by atoms with Crippen LogP contribution >= 0.6 is 0 Å². The quantitative estimate of drug-likeness (QED) is 0.631. The summed E-state index contributed by atoms with van der Waals surface area (Å²) in [7, 11) is 3.62. The van der Waals surface area contributed by atoms with E-state index in [-0.39, 0.29) is 35.4 Å². The van der Waals surface area contributed by atoms with E-state index in [1.165, 1.54) is 6.92 Å². The Bertz CT molecular complexity index is 636. The van der Waals surface area contributed by atoms with Crippen molar-refractivity contribution in [2.45, 2.75) is 78.9 Å². The number of carboxylic acids is 1. The molecule has 2 N–H and O–H groups in total. The van der Waals surface area contributed by atoms with Crippen LogP contribution in [0.3, 0.4) is 0 Å². The second-order valence-electron chi connectivity index (χ2n) is 9.64. The number of piperidine rings is 1. The third kappa shape index (κ3) is 6.84. The first-order valence-electron chi connectivity index (χ1n) is 10.5. The highest BCUT2D eigenvalue weighted by Gasteiger charge is 2.39. The van der Waals surface area contributed by atoms with Gasteiger partial charge in [-0.25, -0.2) is 4.79 Å². The molecule has 0 aromatic rings. The zero-order valence-electron chi connectivity index (χ0n) is 19.3. The van der Waals surface area contributed by atoms with E-state index in [0.29, 0.717) is 0 Å². The zero-order chi connectivity index (χ0) is 22.5. The minimum Gasteiger partial charge on any atom is -0.478 e. The number of hydrogen-bond donors (Lipinski definition) is 2. The van der Waals surface area contributed by atoms with Gasteiger partial charge in [-0.1, -0.05) is 47.1 Å². The minimum absolute atomic E-state index is 0.0269. The van der Waals surface area contributed by atoms with Crippen LogP contribution in [0.4, 0.5) is 0 Å². The molecule has 1 fully saturated rings. The first kappa shape index (κ1) is 25.1. The normalized spacial score (nSPS) is 20.9. The van der Waals surface area contributed by atoms with Crippen LogP contribution in [0.25, 0.3) is 0 Å². The molecular formula is C22H39N3O4. The lowest BCUT2D eigenvalue weighted by Crippen LogP contribution is -2.59. The average Bonchev–Trinajstić information content (AvgIpc) is 2.61. The molecule has 1 unspecified atom stereocenters. The van der Waals surface area contributed by atoms with Crippen molar-refractivity contribution in [3.8, 4) is 0 Å². The number of carboxylic acid groups (broad SMARTS) is 1. The fourth-order valence-electron chi connectivity index (χ4n) is 3.72. The van der Waals surface area contributed by atoms with Crippen molar-refractivity contribution in [2.75, 3.05) is 20.6 Å². The van der Waals surface area contributed by atoms with E-state index in [9.17, 15) is 19.5 Å². The van der Waals surface area contributed by atoms with Gasteiger partial charge in [0.15, 0.2) is 0 Å². The Kier molecular flexibility index (Phi) is 8.87. The topological polar surface area (TPSA) is 90.0 Å². The molecule has 0 aliphatic carbocycles. The van der Waals surface area contributed by atoms with Crippen LogP contribution in [-0.2, 0) is 14.4 Å². The van der Waals surface area contributed by atoms with Gasteiger partial charge < -0.3 is 15.3 Å². The maximum Gasteiger partial charge on any atom is 0.331 e. The molecule has 7 heteroatoms. The highest BCUT2D eigenvalue weighted by Crippen LogP contribution is 2.25. The van der Waals surface area contributed by atoms with Crippen LogP contribution < -0.4 is 5.32 Å². The Labute approximate surface area is 175 Å². The first-order chi connectivity index (χ1) is 13.3. The minimum atomic E-state index is -1.00. The molecule has 0 aromatic carbocycles. The van der Waals surface area contributed by atoms with Crippen molar-refractivity contribution in [3.63, 3.8) is 0 Å². The van der Waals surface area contributed by atoms with Gasteiger partial charge in [-0.3, -0.25) is 14.5 Å². The maximum absolute atomic E-state index is 13.4. The molecule has 3 atom stereocenters. The third-order valence-corrected chi connectivity index (χ3v) is 5.71. The summed E-state index contributed by atoms with van der Waals surface area (Å²) < 4.78 is 0. The maximum atomic E-state index is 13.4. The number of hydrogen-bond acceptors (Lipinski definition) is 4. The van der Waals surface area contributed by atoms with Crippen molar-refractivity contribution >= 4 is 17.8 Å². The molecule has 29 heavy (non-hydrogen) atoms. The van der Waals surface area contributed by atoms with Crippen molar-refractivity contribution in [1.82, 2.24) is 15.1 Å². The summed E-state index contributed by atoms with van der Waals surface area (Å²) in [5.74, 6) is -1.30. The molecule has 1 heterocycles. The molecule has 7 nitrogen and oxygen atoms in total. The van der Waals surface area contributed by atoms with Crippen LogP contribution in [0.1, 0.15) is 60.8 Å². The number of likely N-dealkylation sites (N-methyl/N-ethyl adjacent to an activating group) is 2. The second kappa shape index (κ2) is 10.2. The van der Waals surface area contributed by atoms with Crippen molar-refractivity contribution in [3.05, 3.63) is 11.6 Å². The molecule has 0 bridgehead atoms. The van der Waals surface area contributed by atoms with Gasteiger partial charge in [0.1, 0.15) is 6.04 Å². The fourth-order valence-corrected chi connectivity index (χ4v) is 3.72. The van der Waals surface area contributed by atoms with Gasteiger partial charge in [-0.2, -0.15) is 0 Å². The van der Waals surface area contributed by atoms with Gasteiger partial charge in [0.25, 0.3) is 0 Å². The Balaban J connectivity index is 3.10. The summed E-state index contributed by atoms with van der Waals surface area (Å²) in [5, 5.41) is 12.2.